The van der Waals surface area contributed by atoms with Crippen LogP contribution < -0.4 is 10.6 Å². The predicted octanol–water partition coefficient (Wildman–Crippen LogP) is 1.68. The first-order valence-corrected chi connectivity index (χ1v) is 7.52. The molecule has 0 radical (unpaired) electrons. The third kappa shape index (κ3) is 8.22. The summed E-state index contributed by atoms with van der Waals surface area (Å²) in [5.41, 5.74) is 0.0951. The summed E-state index contributed by atoms with van der Waals surface area (Å²) in [5, 5.41) is 16.0. The Hall–Kier alpha value is -0.610. The van der Waals surface area contributed by atoms with Gasteiger partial charge in [-0.25, -0.2) is 0 Å². The highest BCUT2D eigenvalue weighted by Crippen LogP contribution is 2.20. The fraction of sp³-hybridized carbons (Fsp3) is 0.933. The van der Waals surface area contributed by atoms with Crippen LogP contribution >= 0.6 is 0 Å². The molecule has 0 aromatic heterocycles. The number of hydrogen-bond donors (Lipinski definition) is 3. The van der Waals surface area contributed by atoms with Gasteiger partial charge in [0, 0.05) is 13.0 Å². The highest BCUT2D eigenvalue weighted by Gasteiger charge is 2.18. The Morgan fingerprint density at radius 1 is 1.47 bits per heavy atom. The van der Waals surface area contributed by atoms with Gasteiger partial charge in [0.2, 0.25) is 5.91 Å². The second-order valence-electron chi connectivity index (χ2n) is 6.97. The first-order chi connectivity index (χ1) is 8.87. The van der Waals surface area contributed by atoms with Crippen molar-refractivity contribution in [2.75, 3.05) is 19.6 Å². The Labute approximate surface area is 117 Å². The number of aliphatic hydroxyl groups is 1. The van der Waals surface area contributed by atoms with Crippen LogP contribution in [0.2, 0.25) is 0 Å². The van der Waals surface area contributed by atoms with Crippen LogP contribution in [0, 0.1) is 11.3 Å². The molecule has 0 aromatic carbocycles. The van der Waals surface area contributed by atoms with Crippen molar-refractivity contribution in [3.8, 4) is 0 Å². The zero-order valence-corrected chi connectivity index (χ0v) is 12.7. The van der Waals surface area contributed by atoms with Crippen molar-refractivity contribution >= 4 is 5.91 Å². The van der Waals surface area contributed by atoms with Crippen molar-refractivity contribution in [2.45, 2.75) is 59.0 Å². The Morgan fingerprint density at radius 2 is 2.21 bits per heavy atom. The number of aliphatic hydroxyl groups excluding tert-OH is 1. The van der Waals surface area contributed by atoms with E-state index >= 15 is 0 Å². The quantitative estimate of drug-likeness (QED) is 0.688. The molecular formula is C15H30N2O2. The lowest BCUT2D eigenvalue weighted by molar-refractivity contribution is -0.122. The minimum Gasteiger partial charge on any atom is -0.391 e. The number of amides is 1. The van der Waals surface area contributed by atoms with Gasteiger partial charge < -0.3 is 15.7 Å². The van der Waals surface area contributed by atoms with Crippen molar-refractivity contribution in [2.24, 2.45) is 11.3 Å². The molecule has 0 aliphatic carbocycles. The molecule has 1 aliphatic heterocycles. The molecule has 2 atom stereocenters. The van der Waals surface area contributed by atoms with Crippen LogP contribution in [-0.2, 0) is 4.79 Å². The molecule has 3 N–H and O–H groups in total. The monoisotopic (exact) mass is 270 g/mol. The van der Waals surface area contributed by atoms with Crippen molar-refractivity contribution in [1.29, 1.82) is 0 Å². The van der Waals surface area contributed by atoms with Crippen molar-refractivity contribution in [3.63, 3.8) is 0 Å². The number of piperidine rings is 1. The average molecular weight is 270 g/mol. The van der Waals surface area contributed by atoms with Gasteiger partial charge in [-0.15, -0.1) is 0 Å². The third-order valence-electron chi connectivity index (χ3n) is 3.56. The number of hydrogen-bond acceptors (Lipinski definition) is 3. The SMILES string of the molecule is CC(C)(C)CC(O)CNC(=O)CCC1CCCNC1. The van der Waals surface area contributed by atoms with E-state index in [-0.39, 0.29) is 11.3 Å². The molecular weight excluding hydrogens is 240 g/mol. The number of carbonyl (C=O) groups excluding carboxylic acids is 1. The summed E-state index contributed by atoms with van der Waals surface area (Å²) in [4.78, 5) is 11.7. The fourth-order valence-electron chi connectivity index (χ4n) is 2.60. The van der Waals surface area contributed by atoms with Crippen LogP contribution in [0.3, 0.4) is 0 Å². The number of nitrogens with one attached hydrogen (secondary N) is 2. The normalized spacial score (nSPS) is 22.0. The van der Waals surface area contributed by atoms with Crippen LogP contribution in [0.5, 0.6) is 0 Å². The average Bonchev–Trinajstić information content (AvgIpc) is 2.33. The van der Waals surface area contributed by atoms with Crippen molar-refractivity contribution < 1.29 is 9.90 Å². The van der Waals surface area contributed by atoms with Crippen LogP contribution in [0.4, 0.5) is 0 Å². The minimum atomic E-state index is -0.444. The smallest absolute Gasteiger partial charge is 0.220 e. The molecule has 0 saturated carbocycles. The molecule has 0 spiro atoms. The second kappa shape index (κ2) is 7.85. The molecule has 4 nitrogen and oxygen atoms in total. The van der Waals surface area contributed by atoms with Gasteiger partial charge in [-0.1, -0.05) is 20.8 Å². The molecule has 1 amide bonds. The first kappa shape index (κ1) is 16.4. The maximum atomic E-state index is 11.7. The summed E-state index contributed by atoms with van der Waals surface area (Å²) in [5.74, 6) is 0.706. The van der Waals surface area contributed by atoms with E-state index in [1.165, 1.54) is 12.8 Å². The first-order valence-electron chi connectivity index (χ1n) is 7.52. The van der Waals surface area contributed by atoms with Crippen LogP contribution in [0.1, 0.15) is 52.9 Å². The lowest BCUT2D eigenvalue weighted by atomic mass is 9.89. The standard InChI is InChI=1S/C15H30N2O2/c1-15(2,3)9-13(18)11-17-14(19)7-6-12-5-4-8-16-10-12/h12-13,16,18H,4-11H2,1-3H3,(H,17,19). The Bertz CT molecular complexity index is 268. The topological polar surface area (TPSA) is 61.4 Å². The van der Waals surface area contributed by atoms with E-state index in [9.17, 15) is 9.90 Å². The second-order valence-corrected chi connectivity index (χ2v) is 6.97. The van der Waals surface area contributed by atoms with Gasteiger partial charge >= 0.3 is 0 Å². The van der Waals surface area contributed by atoms with Gasteiger partial charge in [0.25, 0.3) is 0 Å². The molecule has 1 aliphatic rings. The molecule has 19 heavy (non-hydrogen) atoms. The summed E-state index contributed by atoms with van der Waals surface area (Å²) in [6, 6.07) is 0. The zero-order valence-electron chi connectivity index (χ0n) is 12.7. The molecule has 1 rings (SSSR count). The zero-order chi connectivity index (χ0) is 14.3. The van der Waals surface area contributed by atoms with E-state index in [2.05, 4.69) is 31.4 Å². The molecule has 0 aromatic rings. The highest BCUT2D eigenvalue weighted by atomic mass is 16.3. The lowest BCUT2D eigenvalue weighted by Crippen LogP contribution is -2.35. The lowest BCUT2D eigenvalue weighted by Gasteiger charge is -2.23. The summed E-state index contributed by atoms with van der Waals surface area (Å²) in [7, 11) is 0. The van der Waals surface area contributed by atoms with Crippen molar-refractivity contribution in [1.82, 2.24) is 10.6 Å². The molecule has 2 unspecified atom stereocenters. The number of carbonyl (C=O) groups is 1. The maximum Gasteiger partial charge on any atom is 0.220 e. The van der Waals surface area contributed by atoms with Gasteiger partial charge in [0.05, 0.1) is 6.10 Å². The van der Waals surface area contributed by atoms with Gasteiger partial charge in [-0.3, -0.25) is 4.79 Å². The Balaban J connectivity index is 2.10. The molecule has 1 fully saturated rings. The predicted molar refractivity (Wildman–Crippen MR) is 77.9 cm³/mol. The largest absolute Gasteiger partial charge is 0.391 e. The summed E-state index contributed by atoms with van der Waals surface area (Å²) < 4.78 is 0. The van der Waals surface area contributed by atoms with Gasteiger partial charge in [0.15, 0.2) is 0 Å². The van der Waals surface area contributed by atoms with Gasteiger partial charge in [-0.2, -0.15) is 0 Å². The fourth-order valence-corrected chi connectivity index (χ4v) is 2.60. The van der Waals surface area contributed by atoms with Crippen LogP contribution in [-0.4, -0.2) is 36.8 Å². The summed E-state index contributed by atoms with van der Waals surface area (Å²) in [6.45, 7) is 8.80. The third-order valence-corrected chi connectivity index (χ3v) is 3.56. The van der Waals surface area contributed by atoms with Gasteiger partial charge in [0.1, 0.15) is 0 Å². The molecule has 4 heteroatoms. The van der Waals surface area contributed by atoms with E-state index in [4.69, 9.17) is 0 Å². The Kier molecular flexibility index (Phi) is 6.80. The summed E-state index contributed by atoms with van der Waals surface area (Å²) in [6.07, 6.45) is 4.24. The maximum absolute atomic E-state index is 11.7. The Morgan fingerprint density at radius 3 is 2.79 bits per heavy atom. The minimum absolute atomic E-state index is 0.0681. The van der Waals surface area contributed by atoms with E-state index in [0.717, 1.165) is 19.5 Å². The van der Waals surface area contributed by atoms with Crippen LogP contribution in [0.25, 0.3) is 0 Å². The van der Waals surface area contributed by atoms with E-state index in [1.54, 1.807) is 0 Å². The molecule has 0 bridgehead atoms. The van der Waals surface area contributed by atoms with E-state index < -0.39 is 6.10 Å². The van der Waals surface area contributed by atoms with Crippen LogP contribution in [0.15, 0.2) is 0 Å². The molecule has 112 valence electrons. The van der Waals surface area contributed by atoms with E-state index in [0.29, 0.717) is 25.3 Å². The molecule has 1 heterocycles. The van der Waals surface area contributed by atoms with Crippen molar-refractivity contribution in [3.05, 3.63) is 0 Å². The number of rotatable bonds is 6. The highest BCUT2D eigenvalue weighted by molar-refractivity contribution is 5.75. The van der Waals surface area contributed by atoms with Gasteiger partial charge in [-0.05, 0) is 50.1 Å². The van der Waals surface area contributed by atoms with E-state index in [1.807, 2.05) is 0 Å². The molecule has 1 saturated heterocycles. The summed E-state index contributed by atoms with van der Waals surface area (Å²) >= 11 is 0.